The lowest BCUT2D eigenvalue weighted by Gasteiger charge is -2.00. The number of rotatable bonds is 5. The average molecular weight is 366 g/mol. The zero-order valence-electron chi connectivity index (χ0n) is 13.1. The number of nitrogens with one attached hydrogen (secondary N) is 1. The highest BCUT2D eigenvalue weighted by Crippen LogP contribution is 2.27. The smallest absolute Gasteiger partial charge is 0.261 e. The van der Waals surface area contributed by atoms with Crippen LogP contribution < -0.4 is 5.32 Å². The first kappa shape index (κ1) is 15.7. The Morgan fingerprint density at radius 2 is 1.96 bits per heavy atom. The van der Waals surface area contributed by atoms with Gasteiger partial charge in [-0.25, -0.2) is 4.98 Å². The fraction of sp³-hybridized carbons (Fsp3) is 0.0556. The minimum absolute atomic E-state index is 0.197. The van der Waals surface area contributed by atoms with E-state index in [2.05, 4.69) is 15.4 Å². The Labute approximate surface area is 152 Å². The lowest BCUT2D eigenvalue weighted by Crippen LogP contribution is -2.11. The van der Waals surface area contributed by atoms with Crippen LogP contribution in [0.2, 0.25) is 0 Å². The molecule has 4 rings (SSSR count). The second-order valence-corrected chi connectivity index (χ2v) is 7.19. The Morgan fingerprint density at radius 1 is 1.08 bits per heavy atom. The van der Waals surface area contributed by atoms with Crippen molar-refractivity contribution in [3.05, 3.63) is 76.7 Å². The second-order valence-electron chi connectivity index (χ2n) is 5.34. The SMILES string of the molecule is O=C(Nc1nccs1)c1cn(Cc2ccccc2)nc1-c1cccs1. The molecule has 1 amide bonds. The number of hydrogen-bond donors (Lipinski definition) is 1. The lowest BCUT2D eigenvalue weighted by atomic mass is 10.2. The van der Waals surface area contributed by atoms with E-state index < -0.39 is 0 Å². The lowest BCUT2D eigenvalue weighted by molar-refractivity contribution is 0.102. The summed E-state index contributed by atoms with van der Waals surface area (Å²) in [5, 5.41) is 11.9. The molecule has 0 saturated heterocycles. The van der Waals surface area contributed by atoms with Crippen molar-refractivity contribution in [2.24, 2.45) is 0 Å². The van der Waals surface area contributed by atoms with Gasteiger partial charge in [0.2, 0.25) is 0 Å². The molecule has 0 bridgehead atoms. The molecule has 0 saturated carbocycles. The third kappa shape index (κ3) is 3.52. The maximum atomic E-state index is 12.7. The molecule has 0 spiro atoms. The molecular weight excluding hydrogens is 352 g/mol. The van der Waals surface area contributed by atoms with E-state index in [1.807, 2.05) is 53.2 Å². The normalized spacial score (nSPS) is 10.7. The molecule has 1 N–H and O–H groups in total. The molecule has 4 aromatic rings. The first-order valence-corrected chi connectivity index (χ1v) is 9.41. The largest absolute Gasteiger partial charge is 0.298 e. The number of aromatic nitrogens is 3. The molecule has 0 radical (unpaired) electrons. The molecule has 0 aliphatic carbocycles. The van der Waals surface area contributed by atoms with Gasteiger partial charge in [-0.1, -0.05) is 36.4 Å². The molecule has 0 fully saturated rings. The van der Waals surface area contributed by atoms with E-state index in [0.29, 0.717) is 22.9 Å². The fourth-order valence-corrected chi connectivity index (χ4v) is 3.73. The molecule has 3 heterocycles. The third-order valence-electron chi connectivity index (χ3n) is 3.60. The van der Waals surface area contributed by atoms with Gasteiger partial charge in [0.05, 0.1) is 17.0 Å². The molecule has 5 nitrogen and oxygen atoms in total. The van der Waals surface area contributed by atoms with Crippen molar-refractivity contribution in [3.8, 4) is 10.6 Å². The van der Waals surface area contributed by atoms with Gasteiger partial charge in [-0.3, -0.25) is 14.8 Å². The first-order chi connectivity index (χ1) is 12.3. The molecule has 3 aromatic heterocycles. The van der Waals surface area contributed by atoms with Crippen LogP contribution in [0.1, 0.15) is 15.9 Å². The van der Waals surface area contributed by atoms with Crippen molar-refractivity contribution in [1.29, 1.82) is 0 Å². The molecule has 0 unspecified atom stereocenters. The van der Waals surface area contributed by atoms with Gasteiger partial charge in [0.25, 0.3) is 5.91 Å². The van der Waals surface area contributed by atoms with E-state index in [0.717, 1.165) is 10.4 Å². The topological polar surface area (TPSA) is 59.8 Å². The van der Waals surface area contributed by atoms with Gasteiger partial charge in [-0.05, 0) is 17.0 Å². The summed E-state index contributed by atoms with van der Waals surface area (Å²) in [6, 6.07) is 14.0. The van der Waals surface area contributed by atoms with Crippen molar-refractivity contribution in [1.82, 2.24) is 14.8 Å². The third-order valence-corrected chi connectivity index (χ3v) is 5.17. The summed E-state index contributed by atoms with van der Waals surface area (Å²) < 4.78 is 1.81. The van der Waals surface area contributed by atoms with Gasteiger partial charge in [0, 0.05) is 17.8 Å². The maximum Gasteiger partial charge on any atom is 0.261 e. The minimum atomic E-state index is -0.197. The van der Waals surface area contributed by atoms with Crippen LogP contribution in [0.25, 0.3) is 10.6 Å². The molecule has 0 aliphatic heterocycles. The highest BCUT2D eigenvalue weighted by Gasteiger charge is 2.19. The number of benzene rings is 1. The molecule has 124 valence electrons. The van der Waals surface area contributed by atoms with Crippen LogP contribution >= 0.6 is 22.7 Å². The first-order valence-electron chi connectivity index (χ1n) is 7.66. The molecular formula is C18H14N4OS2. The van der Waals surface area contributed by atoms with E-state index in [1.54, 1.807) is 28.4 Å². The van der Waals surface area contributed by atoms with Crippen molar-refractivity contribution in [3.63, 3.8) is 0 Å². The summed E-state index contributed by atoms with van der Waals surface area (Å²) in [5.74, 6) is -0.197. The number of carbonyl (C=O) groups is 1. The standard InChI is InChI=1S/C18H14N4OS2/c23-17(20-18-19-8-10-25-18)14-12-22(11-13-5-2-1-3-6-13)21-16(14)15-7-4-9-24-15/h1-10,12H,11H2,(H,19,20,23). The number of thiophene rings is 1. The fourth-order valence-electron chi connectivity index (χ4n) is 2.48. The number of amides is 1. The van der Waals surface area contributed by atoms with Gasteiger partial charge in [-0.2, -0.15) is 5.10 Å². The summed E-state index contributed by atoms with van der Waals surface area (Å²) in [6.07, 6.45) is 3.46. The van der Waals surface area contributed by atoms with Gasteiger partial charge < -0.3 is 0 Å². The van der Waals surface area contributed by atoms with Gasteiger partial charge in [-0.15, -0.1) is 22.7 Å². The second kappa shape index (κ2) is 7.00. The monoisotopic (exact) mass is 366 g/mol. The van der Waals surface area contributed by atoms with Crippen LogP contribution in [-0.2, 0) is 6.54 Å². The van der Waals surface area contributed by atoms with E-state index in [4.69, 9.17) is 0 Å². The van der Waals surface area contributed by atoms with Crippen LogP contribution in [0.3, 0.4) is 0 Å². The minimum Gasteiger partial charge on any atom is -0.298 e. The predicted octanol–water partition coefficient (Wildman–Crippen LogP) is 4.37. The van der Waals surface area contributed by atoms with Crippen molar-refractivity contribution < 1.29 is 4.79 Å². The van der Waals surface area contributed by atoms with E-state index in [-0.39, 0.29) is 5.91 Å². The number of hydrogen-bond acceptors (Lipinski definition) is 5. The predicted molar refractivity (Wildman–Crippen MR) is 101 cm³/mol. The zero-order chi connectivity index (χ0) is 17.1. The summed E-state index contributed by atoms with van der Waals surface area (Å²) in [7, 11) is 0. The highest BCUT2D eigenvalue weighted by molar-refractivity contribution is 7.14. The van der Waals surface area contributed by atoms with Crippen LogP contribution in [0.5, 0.6) is 0 Å². The Morgan fingerprint density at radius 3 is 2.68 bits per heavy atom. The Bertz CT molecular complexity index is 960. The molecule has 25 heavy (non-hydrogen) atoms. The molecule has 7 heteroatoms. The van der Waals surface area contributed by atoms with E-state index in [9.17, 15) is 4.79 Å². The van der Waals surface area contributed by atoms with Crippen LogP contribution in [-0.4, -0.2) is 20.7 Å². The van der Waals surface area contributed by atoms with Crippen LogP contribution in [0, 0.1) is 0 Å². The quantitative estimate of drug-likeness (QED) is 0.571. The van der Waals surface area contributed by atoms with Gasteiger partial charge in [0.1, 0.15) is 5.69 Å². The van der Waals surface area contributed by atoms with Crippen LogP contribution in [0.15, 0.2) is 65.6 Å². The molecule has 0 atom stereocenters. The highest BCUT2D eigenvalue weighted by atomic mass is 32.1. The molecule has 1 aromatic carbocycles. The van der Waals surface area contributed by atoms with Crippen molar-refractivity contribution >= 4 is 33.7 Å². The summed E-state index contributed by atoms with van der Waals surface area (Å²) in [6.45, 7) is 0.615. The van der Waals surface area contributed by atoms with Crippen LogP contribution in [0.4, 0.5) is 5.13 Å². The summed E-state index contributed by atoms with van der Waals surface area (Å²) in [5.41, 5.74) is 2.38. The number of carbonyl (C=O) groups excluding carboxylic acids is 1. The van der Waals surface area contributed by atoms with Gasteiger partial charge >= 0.3 is 0 Å². The summed E-state index contributed by atoms with van der Waals surface area (Å²) in [4.78, 5) is 17.8. The summed E-state index contributed by atoms with van der Waals surface area (Å²) >= 11 is 2.96. The van der Waals surface area contributed by atoms with E-state index >= 15 is 0 Å². The van der Waals surface area contributed by atoms with Crippen molar-refractivity contribution in [2.45, 2.75) is 6.54 Å². The van der Waals surface area contributed by atoms with Gasteiger partial charge in [0.15, 0.2) is 5.13 Å². The number of anilines is 1. The maximum absolute atomic E-state index is 12.7. The Kier molecular flexibility index (Phi) is 4.41. The Hall–Kier alpha value is -2.77. The number of nitrogens with zero attached hydrogens (tertiary/aromatic N) is 3. The van der Waals surface area contributed by atoms with Crippen molar-refractivity contribution in [2.75, 3.05) is 5.32 Å². The number of thiazole rings is 1. The Balaban J connectivity index is 1.67. The molecule has 0 aliphatic rings. The average Bonchev–Trinajstić information content (AvgIpc) is 3.37. The zero-order valence-corrected chi connectivity index (χ0v) is 14.8. The van der Waals surface area contributed by atoms with E-state index in [1.165, 1.54) is 11.3 Å².